The van der Waals surface area contributed by atoms with Gasteiger partial charge in [-0.15, -0.1) is 0 Å². The van der Waals surface area contributed by atoms with Crippen molar-refractivity contribution in [3.05, 3.63) is 66.1 Å². The predicted molar refractivity (Wildman–Crippen MR) is 114 cm³/mol. The molecule has 30 heavy (non-hydrogen) atoms. The molecule has 7 heteroatoms. The standard InChI is InChI=1S/C23H21N5O2/c29-13-11-26-23(30)15-6-7-18-17(14-15)16(8-10-25-18)21-20-5-3-12-28(20)27-22(21)19-4-1-2-9-24-19/h1-2,4,6-10,14,29H,3,5,11-13H2,(H,26,30). The zero-order valence-electron chi connectivity index (χ0n) is 16.4. The quantitative estimate of drug-likeness (QED) is 0.538. The molecule has 1 aliphatic heterocycles. The maximum Gasteiger partial charge on any atom is 0.251 e. The number of nitrogens with zero attached hydrogens (tertiary/aromatic N) is 4. The Bertz CT molecular complexity index is 1230. The van der Waals surface area contributed by atoms with Crippen LogP contribution in [-0.2, 0) is 13.0 Å². The van der Waals surface area contributed by atoms with Crippen molar-refractivity contribution in [2.24, 2.45) is 0 Å². The number of rotatable bonds is 5. The molecule has 2 N–H and O–H groups in total. The number of hydrogen-bond acceptors (Lipinski definition) is 5. The molecule has 0 saturated carbocycles. The second-order valence-electron chi connectivity index (χ2n) is 7.28. The number of benzene rings is 1. The first-order chi connectivity index (χ1) is 14.8. The fourth-order valence-electron chi connectivity index (χ4n) is 4.07. The summed E-state index contributed by atoms with van der Waals surface area (Å²) in [6, 6.07) is 13.3. The highest BCUT2D eigenvalue weighted by Crippen LogP contribution is 2.39. The summed E-state index contributed by atoms with van der Waals surface area (Å²) in [5, 5.41) is 17.5. The Morgan fingerprint density at radius 2 is 2.07 bits per heavy atom. The molecule has 0 unspecified atom stereocenters. The zero-order valence-corrected chi connectivity index (χ0v) is 16.4. The molecule has 0 fully saturated rings. The van der Waals surface area contributed by atoms with Crippen LogP contribution < -0.4 is 5.32 Å². The fraction of sp³-hybridized carbons (Fsp3) is 0.217. The van der Waals surface area contributed by atoms with E-state index >= 15 is 0 Å². The van der Waals surface area contributed by atoms with Gasteiger partial charge in [0.2, 0.25) is 0 Å². The number of nitrogens with one attached hydrogen (secondary N) is 1. The van der Waals surface area contributed by atoms with Crippen molar-refractivity contribution in [3.63, 3.8) is 0 Å². The molecule has 4 aromatic rings. The number of hydrogen-bond donors (Lipinski definition) is 2. The van der Waals surface area contributed by atoms with E-state index in [-0.39, 0.29) is 19.1 Å². The monoisotopic (exact) mass is 399 g/mol. The maximum atomic E-state index is 12.5. The molecule has 0 radical (unpaired) electrons. The summed E-state index contributed by atoms with van der Waals surface area (Å²) in [7, 11) is 0. The number of aromatic nitrogens is 4. The van der Waals surface area contributed by atoms with E-state index in [2.05, 4.69) is 20.0 Å². The van der Waals surface area contributed by atoms with E-state index in [0.717, 1.165) is 52.8 Å². The Morgan fingerprint density at radius 1 is 1.13 bits per heavy atom. The van der Waals surface area contributed by atoms with Crippen LogP contribution in [0.3, 0.4) is 0 Å². The molecular weight excluding hydrogens is 378 g/mol. The van der Waals surface area contributed by atoms with Crippen LogP contribution in [0.4, 0.5) is 0 Å². The van der Waals surface area contributed by atoms with Crippen molar-refractivity contribution in [1.29, 1.82) is 0 Å². The number of aliphatic hydroxyl groups is 1. The van der Waals surface area contributed by atoms with E-state index in [9.17, 15) is 4.79 Å². The van der Waals surface area contributed by atoms with Gasteiger partial charge in [-0.3, -0.25) is 19.4 Å². The normalized spacial score (nSPS) is 12.8. The number of pyridine rings is 2. The minimum atomic E-state index is -0.217. The lowest BCUT2D eigenvalue weighted by Gasteiger charge is -2.10. The molecule has 1 amide bonds. The molecular formula is C23H21N5O2. The first-order valence-corrected chi connectivity index (χ1v) is 10.1. The van der Waals surface area contributed by atoms with Gasteiger partial charge in [-0.25, -0.2) is 0 Å². The van der Waals surface area contributed by atoms with E-state index in [0.29, 0.717) is 5.56 Å². The highest BCUT2D eigenvalue weighted by Gasteiger charge is 2.25. The molecule has 0 saturated heterocycles. The minimum absolute atomic E-state index is 0.0951. The molecule has 0 spiro atoms. The minimum Gasteiger partial charge on any atom is -0.395 e. The van der Waals surface area contributed by atoms with Crippen LogP contribution >= 0.6 is 0 Å². The third kappa shape index (κ3) is 3.13. The van der Waals surface area contributed by atoms with E-state index < -0.39 is 0 Å². The van der Waals surface area contributed by atoms with Gasteiger partial charge in [-0.2, -0.15) is 5.10 Å². The molecule has 7 nitrogen and oxygen atoms in total. The van der Waals surface area contributed by atoms with Gasteiger partial charge in [-0.05, 0) is 54.8 Å². The van der Waals surface area contributed by atoms with Gasteiger partial charge in [0.15, 0.2) is 0 Å². The Hall–Kier alpha value is -3.58. The van der Waals surface area contributed by atoms with Gasteiger partial charge < -0.3 is 10.4 Å². The summed E-state index contributed by atoms with van der Waals surface area (Å²) in [5.41, 5.74) is 6.29. The highest BCUT2D eigenvalue weighted by atomic mass is 16.3. The number of fused-ring (bicyclic) bond motifs is 2. The lowest BCUT2D eigenvalue weighted by atomic mass is 9.95. The molecule has 150 valence electrons. The summed E-state index contributed by atoms with van der Waals surface area (Å²) >= 11 is 0. The van der Waals surface area contributed by atoms with Crippen LogP contribution in [0.2, 0.25) is 0 Å². The van der Waals surface area contributed by atoms with E-state index in [1.54, 1.807) is 18.5 Å². The Morgan fingerprint density at radius 3 is 2.90 bits per heavy atom. The van der Waals surface area contributed by atoms with Crippen LogP contribution in [0.25, 0.3) is 33.4 Å². The van der Waals surface area contributed by atoms with E-state index in [1.807, 2.05) is 36.4 Å². The van der Waals surface area contributed by atoms with Gasteiger partial charge >= 0.3 is 0 Å². The van der Waals surface area contributed by atoms with Crippen molar-refractivity contribution in [2.45, 2.75) is 19.4 Å². The van der Waals surface area contributed by atoms with Crippen molar-refractivity contribution in [3.8, 4) is 22.5 Å². The van der Waals surface area contributed by atoms with Gasteiger partial charge in [0, 0.05) is 47.7 Å². The van der Waals surface area contributed by atoms with Crippen LogP contribution in [0, 0.1) is 0 Å². The average molecular weight is 399 g/mol. The van der Waals surface area contributed by atoms with Crippen LogP contribution in [0.1, 0.15) is 22.5 Å². The molecule has 0 aliphatic carbocycles. The lowest BCUT2D eigenvalue weighted by Crippen LogP contribution is -2.26. The lowest BCUT2D eigenvalue weighted by molar-refractivity contribution is 0.0945. The maximum absolute atomic E-state index is 12.5. The number of carbonyl (C=O) groups is 1. The van der Waals surface area contributed by atoms with Crippen molar-refractivity contribution < 1.29 is 9.90 Å². The Kier molecular flexibility index (Phi) is 4.72. The van der Waals surface area contributed by atoms with E-state index in [4.69, 9.17) is 10.2 Å². The topological polar surface area (TPSA) is 92.9 Å². The summed E-state index contributed by atoms with van der Waals surface area (Å²) in [6.07, 6.45) is 5.59. The smallest absolute Gasteiger partial charge is 0.251 e. The summed E-state index contributed by atoms with van der Waals surface area (Å²) < 4.78 is 2.07. The number of carbonyl (C=O) groups excluding carboxylic acids is 1. The summed E-state index contributed by atoms with van der Waals surface area (Å²) in [6.45, 7) is 1.02. The summed E-state index contributed by atoms with van der Waals surface area (Å²) in [5.74, 6) is -0.217. The molecule has 4 heterocycles. The molecule has 0 bridgehead atoms. The molecule has 1 aromatic carbocycles. The first-order valence-electron chi connectivity index (χ1n) is 10.1. The second-order valence-corrected chi connectivity index (χ2v) is 7.28. The van der Waals surface area contributed by atoms with Gasteiger partial charge in [0.25, 0.3) is 5.91 Å². The SMILES string of the molecule is O=C(NCCO)c1ccc2nccc(-c3c(-c4ccccn4)nn4c3CCC4)c2c1. The number of aliphatic hydroxyl groups excluding tert-OH is 1. The number of aryl methyl sites for hydroxylation is 1. The first kappa shape index (κ1) is 18.4. The summed E-state index contributed by atoms with van der Waals surface area (Å²) in [4.78, 5) is 21.5. The second kappa shape index (κ2) is 7.68. The molecule has 1 aliphatic rings. The highest BCUT2D eigenvalue weighted by molar-refractivity contribution is 6.03. The van der Waals surface area contributed by atoms with E-state index in [1.165, 1.54) is 5.69 Å². The van der Waals surface area contributed by atoms with Crippen LogP contribution in [0.15, 0.2) is 54.9 Å². The predicted octanol–water partition coefficient (Wildman–Crippen LogP) is 2.83. The third-order valence-electron chi connectivity index (χ3n) is 5.42. The van der Waals surface area contributed by atoms with Crippen molar-refractivity contribution in [2.75, 3.05) is 13.2 Å². The Balaban J connectivity index is 1.71. The van der Waals surface area contributed by atoms with Crippen LogP contribution in [0.5, 0.6) is 0 Å². The van der Waals surface area contributed by atoms with Gasteiger partial charge in [-0.1, -0.05) is 6.07 Å². The van der Waals surface area contributed by atoms with Crippen molar-refractivity contribution in [1.82, 2.24) is 25.1 Å². The number of amides is 1. The largest absolute Gasteiger partial charge is 0.395 e. The molecule has 0 atom stereocenters. The molecule has 3 aromatic heterocycles. The van der Waals surface area contributed by atoms with Gasteiger partial charge in [0.1, 0.15) is 5.69 Å². The Labute approximate surface area is 173 Å². The fourth-order valence-corrected chi connectivity index (χ4v) is 4.07. The third-order valence-corrected chi connectivity index (χ3v) is 5.42. The average Bonchev–Trinajstić information content (AvgIpc) is 3.39. The van der Waals surface area contributed by atoms with Gasteiger partial charge in [0.05, 0.1) is 17.8 Å². The van der Waals surface area contributed by atoms with Crippen molar-refractivity contribution >= 4 is 16.8 Å². The zero-order chi connectivity index (χ0) is 20.5. The molecule has 5 rings (SSSR count). The van der Waals surface area contributed by atoms with Crippen LogP contribution in [-0.4, -0.2) is 43.9 Å².